The first-order chi connectivity index (χ1) is 23.6. The Morgan fingerprint density at radius 3 is 2.24 bits per heavy atom. The van der Waals surface area contributed by atoms with Crippen molar-refractivity contribution in [1.29, 1.82) is 0 Å². The van der Waals surface area contributed by atoms with Gasteiger partial charge < -0.3 is 19.1 Å². The predicted octanol–water partition coefficient (Wildman–Crippen LogP) is 8.79. The van der Waals surface area contributed by atoms with Crippen molar-refractivity contribution in [2.75, 3.05) is 32.2 Å². The number of thioether (sulfide) groups is 1. The van der Waals surface area contributed by atoms with Gasteiger partial charge in [-0.2, -0.15) is 26.3 Å². The van der Waals surface area contributed by atoms with Gasteiger partial charge in [-0.15, -0.1) is 11.8 Å². The number of carbonyl (C=O) groups excluding carboxylic acids is 2. The van der Waals surface area contributed by atoms with E-state index in [0.29, 0.717) is 46.3 Å². The molecule has 1 amide bonds. The van der Waals surface area contributed by atoms with E-state index in [-0.39, 0.29) is 25.0 Å². The number of aromatic nitrogens is 1. The van der Waals surface area contributed by atoms with Crippen LogP contribution in [0.1, 0.15) is 60.7 Å². The van der Waals surface area contributed by atoms with Crippen LogP contribution in [-0.4, -0.2) is 55.3 Å². The van der Waals surface area contributed by atoms with Crippen molar-refractivity contribution in [2.24, 2.45) is 0 Å². The van der Waals surface area contributed by atoms with Gasteiger partial charge in [-0.25, -0.2) is 9.78 Å². The molecule has 2 unspecified atom stereocenters. The topological polar surface area (TPSA) is 81.2 Å². The maximum Gasteiger partial charge on any atom is 0.416 e. The number of hydrogen-bond donors (Lipinski definition) is 0. The molecule has 8 nitrogen and oxygen atoms in total. The normalized spacial score (nSPS) is 18.2. The number of cyclic esters (lactones) is 1. The Labute approximate surface area is 289 Å². The number of esters is 1. The van der Waals surface area contributed by atoms with Gasteiger partial charge in [0.05, 0.1) is 50.0 Å². The molecule has 15 heteroatoms. The average molecular weight is 724 g/mol. The number of methoxy groups -OCH3 is 2. The summed E-state index contributed by atoms with van der Waals surface area (Å²) in [6.07, 6.45) is -9.47. The van der Waals surface area contributed by atoms with E-state index in [2.05, 4.69) is 0 Å². The van der Waals surface area contributed by atoms with Gasteiger partial charge in [0.25, 0.3) is 0 Å². The van der Waals surface area contributed by atoms with Crippen LogP contribution in [-0.2, 0) is 38.9 Å². The van der Waals surface area contributed by atoms with Gasteiger partial charge in [0, 0.05) is 30.0 Å². The van der Waals surface area contributed by atoms with E-state index < -0.39 is 47.3 Å². The highest BCUT2D eigenvalue weighted by Gasteiger charge is 2.43. The molecule has 0 aliphatic carbocycles. The smallest absolute Gasteiger partial charge is 0.416 e. The van der Waals surface area contributed by atoms with Gasteiger partial charge >= 0.3 is 24.4 Å². The van der Waals surface area contributed by atoms with Gasteiger partial charge in [-0.1, -0.05) is 12.1 Å². The van der Waals surface area contributed by atoms with E-state index in [9.17, 15) is 35.9 Å². The first-order valence-electron chi connectivity index (χ1n) is 15.7. The number of anilines is 1. The van der Waals surface area contributed by atoms with Crippen molar-refractivity contribution >= 4 is 29.6 Å². The van der Waals surface area contributed by atoms with E-state index in [1.807, 2.05) is 42.2 Å². The Morgan fingerprint density at radius 1 is 1.00 bits per heavy atom. The maximum atomic E-state index is 13.6. The highest BCUT2D eigenvalue weighted by atomic mass is 32.2. The van der Waals surface area contributed by atoms with Crippen LogP contribution in [0.15, 0.2) is 59.5 Å². The molecule has 1 aromatic heterocycles. The Bertz CT molecular complexity index is 1740. The molecule has 2 atom stereocenters. The molecule has 0 bridgehead atoms. The highest BCUT2D eigenvalue weighted by Crippen LogP contribution is 2.42. The van der Waals surface area contributed by atoms with Crippen LogP contribution < -0.4 is 9.64 Å². The number of amides is 1. The lowest BCUT2D eigenvalue weighted by Gasteiger charge is -2.33. The molecule has 2 saturated heterocycles. The third kappa shape index (κ3) is 8.14. The van der Waals surface area contributed by atoms with Crippen LogP contribution >= 0.6 is 11.8 Å². The molecule has 5 rings (SSSR count). The minimum absolute atomic E-state index is 0.0404. The summed E-state index contributed by atoms with van der Waals surface area (Å²) in [4.78, 5) is 34.1. The van der Waals surface area contributed by atoms with Crippen molar-refractivity contribution in [1.82, 2.24) is 9.88 Å². The summed E-state index contributed by atoms with van der Waals surface area (Å²) >= 11 is 1.47. The van der Waals surface area contributed by atoms with E-state index >= 15 is 0 Å². The van der Waals surface area contributed by atoms with E-state index in [4.69, 9.17) is 19.2 Å². The molecular weight excluding hydrogens is 688 g/mol. The van der Waals surface area contributed by atoms with Crippen LogP contribution in [0.2, 0.25) is 0 Å². The van der Waals surface area contributed by atoms with Gasteiger partial charge in [-0.05, 0) is 78.8 Å². The van der Waals surface area contributed by atoms with E-state index in [0.717, 1.165) is 30.0 Å². The molecule has 0 N–H and O–H groups in total. The summed E-state index contributed by atoms with van der Waals surface area (Å²) < 4.78 is 97.7. The molecule has 50 heavy (non-hydrogen) atoms. The summed E-state index contributed by atoms with van der Waals surface area (Å²) in [5.41, 5.74) is -0.811. The number of alkyl halides is 6. The molecule has 268 valence electrons. The summed E-state index contributed by atoms with van der Waals surface area (Å²) in [7, 11) is 2.84. The Balaban J connectivity index is 1.49. The third-order valence-corrected chi connectivity index (χ3v) is 9.87. The average Bonchev–Trinajstić information content (AvgIpc) is 3.33. The third-order valence-electron chi connectivity index (χ3n) is 8.64. The number of rotatable bonds is 11. The molecule has 0 saturated carbocycles. The monoisotopic (exact) mass is 723 g/mol. The largest absolute Gasteiger partial charge is 0.496 e. The predicted molar refractivity (Wildman–Crippen MR) is 175 cm³/mol. The lowest BCUT2D eigenvalue weighted by molar-refractivity contribution is -0.143. The first kappa shape index (κ1) is 36.9. The molecule has 2 aromatic carbocycles. The Hall–Kier alpha value is -4.40. The fourth-order valence-corrected chi connectivity index (χ4v) is 6.64. The molecule has 2 fully saturated rings. The number of nitrogens with zero attached hydrogens (tertiary/aromatic N) is 3. The minimum atomic E-state index is -5.06. The minimum Gasteiger partial charge on any atom is -0.496 e. The molecular formula is C35H35F6N3O5S. The summed E-state index contributed by atoms with van der Waals surface area (Å²) in [6, 6.07) is 9.55. The fourth-order valence-electron chi connectivity index (χ4n) is 5.72. The lowest BCUT2D eigenvalue weighted by Crippen LogP contribution is -2.38. The zero-order valence-corrected chi connectivity index (χ0v) is 28.5. The van der Waals surface area contributed by atoms with Crippen molar-refractivity contribution < 1.29 is 50.1 Å². The van der Waals surface area contributed by atoms with Crippen LogP contribution in [0.3, 0.4) is 0 Å². The number of hydrogen-bond acceptors (Lipinski definition) is 8. The molecule has 0 spiro atoms. The van der Waals surface area contributed by atoms with Crippen LogP contribution in [0, 0.1) is 0 Å². The Morgan fingerprint density at radius 2 is 1.68 bits per heavy atom. The van der Waals surface area contributed by atoms with Crippen molar-refractivity contribution in [3.63, 3.8) is 0 Å². The lowest BCUT2D eigenvalue weighted by atomic mass is 9.97. The zero-order chi connectivity index (χ0) is 36.4. The SMILES string of the molecule is C/C=C(/CC(=O)OC)SCc1ccc(OC)c(-c2ccc(N3CCC3)nc2CN2C(=O)OC(c3cc(C(F)(F)F)cc(C(F)(F)F)c3)C2C)c1. The summed E-state index contributed by atoms with van der Waals surface area (Å²) in [5, 5.41) is 0. The molecule has 0 radical (unpaired) electrons. The van der Waals surface area contributed by atoms with Crippen LogP contribution in [0.25, 0.3) is 11.1 Å². The second-order valence-corrected chi connectivity index (χ2v) is 12.9. The number of halogens is 6. The molecule has 2 aliphatic heterocycles. The Kier molecular flexibility index (Phi) is 10.9. The van der Waals surface area contributed by atoms with Gasteiger partial charge in [-0.3, -0.25) is 9.69 Å². The quantitative estimate of drug-likeness (QED) is 0.144. The zero-order valence-electron chi connectivity index (χ0n) is 27.7. The summed E-state index contributed by atoms with van der Waals surface area (Å²) in [5.74, 6) is 1.32. The number of ether oxygens (including phenoxy) is 3. The van der Waals surface area contributed by atoms with Crippen molar-refractivity contribution in [2.45, 2.75) is 63.5 Å². The van der Waals surface area contributed by atoms with E-state index in [1.165, 1.54) is 37.8 Å². The van der Waals surface area contributed by atoms with Crippen LogP contribution in [0.4, 0.5) is 37.0 Å². The van der Waals surface area contributed by atoms with Gasteiger partial charge in [0.15, 0.2) is 0 Å². The standard InChI is InChI=1S/C35H35F6N3O5S/c1-5-25(17-31(45)48-4)50-19-21-7-9-29(47-3)27(13-21)26-8-10-30(43-11-6-12-43)42-28(26)18-44-20(2)32(49-33(44)46)22-14-23(34(36,37)38)16-24(15-22)35(39,40)41/h5,7-10,13-16,20,32H,6,11-12,17-19H2,1-4H3/b25-5-. The van der Waals surface area contributed by atoms with Gasteiger partial charge in [0.2, 0.25) is 0 Å². The molecule has 3 aromatic rings. The summed E-state index contributed by atoms with van der Waals surface area (Å²) in [6.45, 7) is 4.75. The number of carbonyl (C=O) groups is 2. The van der Waals surface area contributed by atoms with Crippen molar-refractivity contribution in [3.05, 3.63) is 87.5 Å². The second kappa shape index (κ2) is 14.8. The highest BCUT2D eigenvalue weighted by molar-refractivity contribution is 8.02. The van der Waals surface area contributed by atoms with Crippen LogP contribution in [0.5, 0.6) is 5.75 Å². The number of pyridine rings is 1. The first-order valence-corrected chi connectivity index (χ1v) is 16.6. The van der Waals surface area contributed by atoms with E-state index in [1.54, 1.807) is 6.07 Å². The van der Waals surface area contributed by atoms with Crippen molar-refractivity contribution in [3.8, 4) is 16.9 Å². The maximum absolute atomic E-state index is 13.6. The molecule has 2 aliphatic rings. The fraction of sp³-hybridized carbons (Fsp3) is 0.400. The number of benzene rings is 2. The molecule has 3 heterocycles. The number of allylic oxidation sites excluding steroid dienone is 1. The van der Waals surface area contributed by atoms with Gasteiger partial charge in [0.1, 0.15) is 17.7 Å². The second-order valence-electron chi connectivity index (χ2n) is 11.8.